The van der Waals surface area contributed by atoms with Crippen LogP contribution in [-0.4, -0.2) is 11.1 Å². The van der Waals surface area contributed by atoms with E-state index in [0.29, 0.717) is 17.0 Å². The van der Waals surface area contributed by atoms with Gasteiger partial charge in [0, 0.05) is 11.3 Å². The van der Waals surface area contributed by atoms with Gasteiger partial charge in [0.25, 0.3) is 5.91 Å². The molecule has 4 nitrogen and oxygen atoms in total. The van der Waals surface area contributed by atoms with E-state index < -0.39 is 0 Å². The van der Waals surface area contributed by atoms with Crippen molar-refractivity contribution in [3.8, 4) is 11.3 Å². The van der Waals surface area contributed by atoms with Crippen molar-refractivity contribution in [1.29, 1.82) is 0 Å². The first-order valence-corrected chi connectivity index (χ1v) is 7.61. The summed E-state index contributed by atoms with van der Waals surface area (Å²) in [6, 6.07) is 17.4. The lowest BCUT2D eigenvalue weighted by Crippen LogP contribution is -2.13. The van der Waals surface area contributed by atoms with E-state index in [4.69, 9.17) is 4.52 Å². The van der Waals surface area contributed by atoms with Gasteiger partial charge in [0.05, 0.1) is 0 Å². The standard InChI is InChI=1S/C19H18N2O2/c1-3-14-9-11-16(12-10-14)20-19(22)17-13(2)23-21-18(17)15-7-5-4-6-8-15/h4-12H,3H2,1-2H3,(H,20,22). The van der Waals surface area contributed by atoms with Gasteiger partial charge in [-0.15, -0.1) is 0 Å². The molecule has 0 spiro atoms. The van der Waals surface area contributed by atoms with E-state index in [1.165, 1.54) is 5.56 Å². The normalized spacial score (nSPS) is 10.5. The van der Waals surface area contributed by atoms with Gasteiger partial charge >= 0.3 is 0 Å². The molecule has 0 saturated carbocycles. The van der Waals surface area contributed by atoms with Gasteiger partial charge in [-0.1, -0.05) is 54.5 Å². The molecule has 2 aromatic carbocycles. The smallest absolute Gasteiger partial charge is 0.261 e. The van der Waals surface area contributed by atoms with E-state index in [0.717, 1.165) is 17.7 Å². The Bertz CT molecular complexity index is 805. The van der Waals surface area contributed by atoms with Crippen LogP contribution in [0, 0.1) is 6.92 Å². The summed E-state index contributed by atoms with van der Waals surface area (Å²) in [6.45, 7) is 3.84. The fraction of sp³-hybridized carbons (Fsp3) is 0.158. The third kappa shape index (κ3) is 3.16. The molecule has 0 aliphatic heterocycles. The summed E-state index contributed by atoms with van der Waals surface area (Å²) in [5.74, 6) is 0.290. The lowest BCUT2D eigenvalue weighted by molar-refractivity contribution is 0.102. The first kappa shape index (κ1) is 15.0. The molecular formula is C19H18N2O2. The molecule has 1 amide bonds. The average molecular weight is 306 g/mol. The molecule has 1 heterocycles. The third-order valence-electron chi connectivity index (χ3n) is 3.76. The molecule has 0 atom stereocenters. The fourth-order valence-electron chi connectivity index (χ4n) is 2.45. The van der Waals surface area contributed by atoms with Crippen molar-refractivity contribution in [2.45, 2.75) is 20.3 Å². The zero-order valence-corrected chi connectivity index (χ0v) is 13.2. The van der Waals surface area contributed by atoms with Gasteiger partial charge in [-0.25, -0.2) is 0 Å². The number of amides is 1. The molecule has 23 heavy (non-hydrogen) atoms. The van der Waals surface area contributed by atoms with Gasteiger partial charge in [-0.05, 0) is 31.0 Å². The van der Waals surface area contributed by atoms with E-state index in [1.807, 2.05) is 54.6 Å². The maximum absolute atomic E-state index is 12.6. The molecule has 0 unspecified atom stereocenters. The number of hydrogen-bond acceptors (Lipinski definition) is 3. The van der Waals surface area contributed by atoms with Crippen LogP contribution in [-0.2, 0) is 6.42 Å². The minimum Gasteiger partial charge on any atom is -0.360 e. The van der Waals surface area contributed by atoms with Crippen molar-refractivity contribution >= 4 is 11.6 Å². The Balaban J connectivity index is 1.89. The zero-order chi connectivity index (χ0) is 16.2. The zero-order valence-electron chi connectivity index (χ0n) is 13.2. The first-order chi connectivity index (χ1) is 11.2. The highest BCUT2D eigenvalue weighted by Crippen LogP contribution is 2.26. The molecule has 116 valence electrons. The quantitative estimate of drug-likeness (QED) is 0.774. The lowest BCUT2D eigenvalue weighted by Gasteiger charge is -2.06. The molecule has 3 rings (SSSR count). The van der Waals surface area contributed by atoms with Crippen molar-refractivity contribution < 1.29 is 9.32 Å². The molecule has 0 saturated heterocycles. The van der Waals surface area contributed by atoms with Crippen LogP contribution in [0.15, 0.2) is 59.1 Å². The van der Waals surface area contributed by atoms with Crippen LogP contribution in [0.1, 0.15) is 28.6 Å². The van der Waals surface area contributed by atoms with Gasteiger partial charge < -0.3 is 9.84 Å². The lowest BCUT2D eigenvalue weighted by atomic mass is 10.1. The number of carbonyl (C=O) groups is 1. The molecule has 0 aliphatic carbocycles. The summed E-state index contributed by atoms with van der Waals surface area (Å²) in [5.41, 5.74) is 3.87. The van der Waals surface area contributed by atoms with E-state index in [9.17, 15) is 4.79 Å². The van der Waals surface area contributed by atoms with Crippen molar-refractivity contribution in [2.24, 2.45) is 0 Å². The van der Waals surface area contributed by atoms with Crippen LogP contribution in [0.4, 0.5) is 5.69 Å². The molecule has 1 aromatic heterocycles. The van der Waals surface area contributed by atoms with E-state index in [-0.39, 0.29) is 5.91 Å². The molecular weight excluding hydrogens is 288 g/mol. The molecule has 0 aliphatic rings. The van der Waals surface area contributed by atoms with Crippen LogP contribution in [0.3, 0.4) is 0 Å². The minimum absolute atomic E-state index is 0.216. The van der Waals surface area contributed by atoms with Gasteiger partial charge in [0.2, 0.25) is 0 Å². The van der Waals surface area contributed by atoms with Crippen LogP contribution >= 0.6 is 0 Å². The monoisotopic (exact) mass is 306 g/mol. The molecule has 1 N–H and O–H groups in total. The largest absolute Gasteiger partial charge is 0.360 e. The van der Waals surface area contributed by atoms with Crippen molar-refractivity contribution in [1.82, 2.24) is 5.16 Å². The van der Waals surface area contributed by atoms with Crippen LogP contribution in [0.2, 0.25) is 0 Å². The molecule has 0 fully saturated rings. The maximum atomic E-state index is 12.6. The van der Waals surface area contributed by atoms with E-state index in [1.54, 1.807) is 6.92 Å². The second-order valence-corrected chi connectivity index (χ2v) is 5.33. The number of aryl methyl sites for hydroxylation is 2. The fourth-order valence-corrected chi connectivity index (χ4v) is 2.45. The van der Waals surface area contributed by atoms with E-state index in [2.05, 4.69) is 17.4 Å². The second-order valence-electron chi connectivity index (χ2n) is 5.33. The Kier molecular flexibility index (Phi) is 4.24. The van der Waals surface area contributed by atoms with Crippen molar-refractivity contribution in [3.63, 3.8) is 0 Å². The molecule has 0 radical (unpaired) electrons. The Morgan fingerprint density at radius 2 is 1.78 bits per heavy atom. The predicted octanol–water partition coefficient (Wildman–Crippen LogP) is 4.46. The van der Waals surface area contributed by atoms with Crippen molar-refractivity contribution in [3.05, 3.63) is 71.5 Å². The highest BCUT2D eigenvalue weighted by molar-refractivity contribution is 6.08. The van der Waals surface area contributed by atoms with Gasteiger partial charge in [-0.2, -0.15) is 0 Å². The van der Waals surface area contributed by atoms with Gasteiger partial charge in [0.1, 0.15) is 17.0 Å². The predicted molar refractivity (Wildman–Crippen MR) is 90.4 cm³/mol. The van der Waals surface area contributed by atoms with Crippen LogP contribution < -0.4 is 5.32 Å². The number of hydrogen-bond donors (Lipinski definition) is 1. The summed E-state index contributed by atoms with van der Waals surface area (Å²) < 4.78 is 5.23. The van der Waals surface area contributed by atoms with E-state index >= 15 is 0 Å². The summed E-state index contributed by atoms with van der Waals surface area (Å²) in [7, 11) is 0. The number of rotatable bonds is 4. The number of nitrogens with one attached hydrogen (secondary N) is 1. The molecule has 3 aromatic rings. The Morgan fingerprint density at radius 3 is 2.43 bits per heavy atom. The maximum Gasteiger partial charge on any atom is 0.261 e. The minimum atomic E-state index is -0.216. The number of nitrogens with zero attached hydrogens (tertiary/aromatic N) is 1. The second kappa shape index (κ2) is 6.48. The Labute approximate surface area is 135 Å². The Morgan fingerprint density at radius 1 is 1.09 bits per heavy atom. The summed E-state index contributed by atoms with van der Waals surface area (Å²) >= 11 is 0. The average Bonchev–Trinajstić information content (AvgIpc) is 2.98. The van der Waals surface area contributed by atoms with Crippen molar-refractivity contribution in [2.75, 3.05) is 5.32 Å². The highest BCUT2D eigenvalue weighted by atomic mass is 16.5. The number of carbonyl (C=O) groups excluding carboxylic acids is 1. The topological polar surface area (TPSA) is 55.1 Å². The third-order valence-corrected chi connectivity index (χ3v) is 3.76. The highest BCUT2D eigenvalue weighted by Gasteiger charge is 2.21. The molecule has 0 bridgehead atoms. The number of anilines is 1. The summed E-state index contributed by atoms with van der Waals surface area (Å²) in [5, 5.41) is 6.95. The first-order valence-electron chi connectivity index (χ1n) is 7.61. The van der Waals surface area contributed by atoms with Crippen LogP contribution in [0.25, 0.3) is 11.3 Å². The Hall–Kier alpha value is -2.88. The van der Waals surface area contributed by atoms with Gasteiger partial charge in [0.15, 0.2) is 0 Å². The number of aromatic nitrogens is 1. The SMILES string of the molecule is CCc1ccc(NC(=O)c2c(-c3ccccc3)noc2C)cc1. The van der Waals surface area contributed by atoms with Gasteiger partial charge in [-0.3, -0.25) is 4.79 Å². The summed E-state index contributed by atoms with van der Waals surface area (Å²) in [6.07, 6.45) is 0.969. The number of benzene rings is 2. The summed E-state index contributed by atoms with van der Waals surface area (Å²) in [4.78, 5) is 12.6. The molecule has 4 heteroatoms. The van der Waals surface area contributed by atoms with Crippen LogP contribution in [0.5, 0.6) is 0 Å².